The van der Waals surface area contributed by atoms with Crippen molar-refractivity contribution in [1.29, 1.82) is 0 Å². The Kier molecular flexibility index (Phi) is 6.14. The third-order valence-corrected chi connectivity index (χ3v) is 2.22. The van der Waals surface area contributed by atoms with Gasteiger partial charge in [0, 0.05) is 6.42 Å². The summed E-state index contributed by atoms with van der Waals surface area (Å²) in [6.45, 7) is 2.64. The normalized spacial score (nSPS) is 11.9. The van der Waals surface area contributed by atoms with Crippen LogP contribution in [-0.2, 0) is 14.4 Å². The highest BCUT2D eigenvalue weighted by molar-refractivity contribution is 5.85. The van der Waals surface area contributed by atoms with Gasteiger partial charge in [-0.3, -0.25) is 14.4 Å². The molecule has 0 rings (SSSR count). The number of aliphatic carboxylic acids is 2. The fourth-order valence-electron chi connectivity index (χ4n) is 1.13. The van der Waals surface area contributed by atoms with Gasteiger partial charge in [-0.25, -0.2) is 0 Å². The number of amides is 1. The van der Waals surface area contributed by atoms with Crippen LogP contribution in [0.1, 0.15) is 26.7 Å². The maximum absolute atomic E-state index is 11.6. The third kappa shape index (κ3) is 6.00. The van der Waals surface area contributed by atoms with Crippen molar-refractivity contribution in [1.82, 2.24) is 4.90 Å². The van der Waals surface area contributed by atoms with E-state index in [4.69, 9.17) is 10.2 Å². The molecule has 0 aliphatic heterocycles. The molecule has 0 saturated carbocycles. The number of carbonyl (C=O) groups excluding carboxylic acids is 1. The van der Waals surface area contributed by atoms with Gasteiger partial charge in [-0.1, -0.05) is 20.3 Å². The van der Waals surface area contributed by atoms with Crippen LogP contribution in [0.5, 0.6) is 0 Å². The SMILES string of the molecule is CCC(C)CC(=O)N(CC(=O)O)CC(=O)O. The zero-order valence-electron chi connectivity index (χ0n) is 9.47. The molecular weight excluding hydrogens is 214 g/mol. The summed E-state index contributed by atoms with van der Waals surface area (Å²) >= 11 is 0. The van der Waals surface area contributed by atoms with Gasteiger partial charge in [0.2, 0.25) is 5.91 Å². The number of carbonyl (C=O) groups is 3. The molecule has 0 aromatic rings. The number of hydrogen-bond donors (Lipinski definition) is 2. The van der Waals surface area contributed by atoms with E-state index >= 15 is 0 Å². The second-order valence-electron chi connectivity index (χ2n) is 3.75. The van der Waals surface area contributed by atoms with Crippen LogP contribution in [0.4, 0.5) is 0 Å². The van der Waals surface area contributed by atoms with E-state index in [0.717, 1.165) is 11.3 Å². The lowest BCUT2D eigenvalue weighted by atomic mass is 10.0. The largest absolute Gasteiger partial charge is 0.480 e. The van der Waals surface area contributed by atoms with Crippen LogP contribution in [0.2, 0.25) is 0 Å². The summed E-state index contributed by atoms with van der Waals surface area (Å²) in [5.74, 6) is -2.73. The number of hydrogen-bond acceptors (Lipinski definition) is 3. The Hall–Kier alpha value is -1.59. The number of carboxylic acid groups (broad SMARTS) is 2. The van der Waals surface area contributed by atoms with Crippen LogP contribution in [0, 0.1) is 5.92 Å². The Bertz CT molecular complexity index is 260. The van der Waals surface area contributed by atoms with Crippen LogP contribution in [-0.4, -0.2) is 46.0 Å². The van der Waals surface area contributed by atoms with Gasteiger partial charge in [0.25, 0.3) is 0 Å². The fraction of sp³-hybridized carbons (Fsp3) is 0.700. The van der Waals surface area contributed by atoms with Crippen molar-refractivity contribution in [2.24, 2.45) is 5.92 Å². The van der Waals surface area contributed by atoms with Gasteiger partial charge in [-0.05, 0) is 5.92 Å². The first kappa shape index (κ1) is 14.4. The highest BCUT2D eigenvalue weighted by Gasteiger charge is 2.20. The van der Waals surface area contributed by atoms with Crippen molar-refractivity contribution >= 4 is 17.8 Å². The van der Waals surface area contributed by atoms with Gasteiger partial charge >= 0.3 is 11.9 Å². The predicted molar refractivity (Wildman–Crippen MR) is 55.9 cm³/mol. The standard InChI is InChI=1S/C10H17NO5/c1-3-7(2)4-8(12)11(5-9(13)14)6-10(15)16/h7H,3-6H2,1-2H3,(H,13,14)(H,15,16). The lowest BCUT2D eigenvalue weighted by Gasteiger charge is -2.20. The Labute approximate surface area is 93.9 Å². The minimum Gasteiger partial charge on any atom is -0.480 e. The summed E-state index contributed by atoms with van der Waals surface area (Å²) in [5.41, 5.74) is 0. The van der Waals surface area contributed by atoms with E-state index in [0.29, 0.717) is 0 Å². The smallest absolute Gasteiger partial charge is 0.323 e. The Morgan fingerprint density at radius 2 is 1.56 bits per heavy atom. The Balaban J connectivity index is 4.42. The average Bonchev–Trinajstić information content (AvgIpc) is 2.15. The Morgan fingerprint density at radius 3 is 1.88 bits per heavy atom. The van der Waals surface area contributed by atoms with Gasteiger partial charge in [-0.15, -0.1) is 0 Å². The molecule has 6 nitrogen and oxygen atoms in total. The fourth-order valence-corrected chi connectivity index (χ4v) is 1.13. The second kappa shape index (κ2) is 6.81. The second-order valence-corrected chi connectivity index (χ2v) is 3.75. The maximum atomic E-state index is 11.6. The van der Waals surface area contributed by atoms with Crippen molar-refractivity contribution in [2.45, 2.75) is 26.7 Å². The number of nitrogens with zero attached hydrogens (tertiary/aromatic N) is 1. The van der Waals surface area contributed by atoms with Gasteiger partial charge in [-0.2, -0.15) is 0 Å². The van der Waals surface area contributed by atoms with Crippen LogP contribution in [0.3, 0.4) is 0 Å². The summed E-state index contributed by atoms with van der Waals surface area (Å²) in [6.07, 6.45) is 0.969. The van der Waals surface area contributed by atoms with Crippen LogP contribution in [0.15, 0.2) is 0 Å². The number of carboxylic acids is 2. The minimum absolute atomic E-state index is 0.123. The summed E-state index contributed by atoms with van der Waals surface area (Å²) in [7, 11) is 0. The molecule has 16 heavy (non-hydrogen) atoms. The van der Waals surface area contributed by atoms with Crippen molar-refractivity contribution in [3.63, 3.8) is 0 Å². The van der Waals surface area contributed by atoms with E-state index in [9.17, 15) is 14.4 Å². The molecule has 1 atom stereocenters. The molecule has 0 saturated heterocycles. The molecule has 1 unspecified atom stereocenters. The third-order valence-electron chi connectivity index (χ3n) is 2.22. The van der Waals surface area contributed by atoms with Crippen LogP contribution >= 0.6 is 0 Å². The zero-order chi connectivity index (χ0) is 12.7. The molecule has 1 amide bonds. The molecule has 0 radical (unpaired) electrons. The molecule has 0 aliphatic rings. The van der Waals surface area contributed by atoms with Gasteiger partial charge < -0.3 is 15.1 Å². The van der Waals surface area contributed by atoms with E-state index < -0.39 is 30.9 Å². The maximum Gasteiger partial charge on any atom is 0.323 e. The minimum atomic E-state index is -1.21. The average molecular weight is 231 g/mol. The summed E-state index contributed by atoms with van der Waals surface area (Å²) in [6, 6.07) is 0. The van der Waals surface area contributed by atoms with Gasteiger partial charge in [0.15, 0.2) is 0 Å². The van der Waals surface area contributed by atoms with Gasteiger partial charge in [0.1, 0.15) is 13.1 Å². The summed E-state index contributed by atoms with van der Waals surface area (Å²) < 4.78 is 0. The molecule has 0 heterocycles. The molecule has 0 aromatic heterocycles. The van der Waals surface area contributed by atoms with Gasteiger partial charge in [0.05, 0.1) is 0 Å². The number of rotatable bonds is 7. The topological polar surface area (TPSA) is 94.9 Å². The predicted octanol–water partition coefficient (Wildman–Crippen LogP) is 0.420. The Morgan fingerprint density at radius 1 is 1.12 bits per heavy atom. The lowest BCUT2D eigenvalue weighted by Crippen LogP contribution is -2.39. The molecule has 0 fully saturated rings. The van der Waals surface area contributed by atoms with Crippen molar-refractivity contribution in [3.8, 4) is 0 Å². The molecule has 0 spiro atoms. The molecule has 92 valence electrons. The highest BCUT2D eigenvalue weighted by atomic mass is 16.4. The first-order chi connectivity index (χ1) is 7.36. The van der Waals surface area contributed by atoms with Crippen molar-refractivity contribution in [3.05, 3.63) is 0 Å². The van der Waals surface area contributed by atoms with E-state index in [1.807, 2.05) is 13.8 Å². The van der Waals surface area contributed by atoms with Crippen molar-refractivity contribution < 1.29 is 24.6 Å². The molecule has 6 heteroatoms. The van der Waals surface area contributed by atoms with Crippen LogP contribution in [0.25, 0.3) is 0 Å². The molecule has 0 aliphatic carbocycles. The van der Waals surface area contributed by atoms with E-state index in [1.165, 1.54) is 0 Å². The monoisotopic (exact) mass is 231 g/mol. The van der Waals surface area contributed by atoms with E-state index in [2.05, 4.69) is 0 Å². The first-order valence-electron chi connectivity index (χ1n) is 5.08. The van der Waals surface area contributed by atoms with Crippen LogP contribution < -0.4 is 0 Å². The van der Waals surface area contributed by atoms with Crippen molar-refractivity contribution in [2.75, 3.05) is 13.1 Å². The molecule has 0 aromatic carbocycles. The zero-order valence-corrected chi connectivity index (χ0v) is 9.47. The molecule has 0 bridgehead atoms. The quantitative estimate of drug-likeness (QED) is 0.662. The van der Waals surface area contributed by atoms with E-state index in [1.54, 1.807) is 0 Å². The summed E-state index contributed by atoms with van der Waals surface area (Å²) in [4.78, 5) is 33.4. The highest BCUT2D eigenvalue weighted by Crippen LogP contribution is 2.08. The molecule has 2 N–H and O–H groups in total. The molecular formula is C10H17NO5. The first-order valence-corrected chi connectivity index (χ1v) is 5.08. The lowest BCUT2D eigenvalue weighted by molar-refractivity contribution is -0.149. The summed E-state index contributed by atoms with van der Waals surface area (Å²) in [5, 5.41) is 17.1. The van der Waals surface area contributed by atoms with E-state index in [-0.39, 0.29) is 12.3 Å².